The number of nitrogen functional groups attached to an aromatic ring is 1. The number of benzene rings is 2. The van der Waals surface area contributed by atoms with Gasteiger partial charge in [0.15, 0.2) is 0 Å². The molecule has 27 heavy (non-hydrogen) atoms. The molecule has 0 atom stereocenters. The number of carbonyl (C=O) groups is 2. The summed E-state index contributed by atoms with van der Waals surface area (Å²) in [6, 6.07) is 11.0. The van der Waals surface area contributed by atoms with Gasteiger partial charge in [-0.2, -0.15) is 0 Å². The second kappa shape index (κ2) is 8.31. The molecule has 1 aliphatic heterocycles. The molecule has 3 N–H and O–H groups in total. The van der Waals surface area contributed by atoms with Crippen LogP contribution in [0.15, 0.2) is 36.4 Å². The normalized spacial score (nSPS) is 12.6. The van der Waals surface area contributed by atoms with E-state index in [4.69, 9.17) is 22.1 Å². The average molecular weight is 388 g/mol. The van der Waals surface area contributed by atoms with Crippen molar-refractivity contribution in [2.75, 3.05) is 30.8 Å². The van der Waals surface area contributed by atoms with Crippen molar-refractivity contribution in [3.05, 3.63) is 52.5 Å². The summed E-state index contributed by atoms with van der Waals surface area (Å²) < 4.78 is 5.19. The van der Waals surface area contributed by atoms with Gasteiger partial charge in [-0.25, -0.2) is 0 Å². The fourth-order valence-corrected chi connectivity index (χ4v) is 3.35. The highest BCUT2D eigenvalue weighted by atomic mass is 35.5. The van der Waals surface area contributed by atoms with Gasteiger partial charge in [-0.15, -0.1) is 0 Å². The Bertz CT molecular complexity index is 870. The summed E-state index contributed by atoms with van der Waals surface area (Å²) in [5.41, 5.74) is 8.59. The van der Waals surface area contributed by atoms with Crippen LogP contribution in [0, 0.1) is 0 Å². The van der Waals surface area contributed by atoms with Gasteiger partial charge in [0, 0.05) is 31.3 Å². The lowest BCUT2D eigenvalue weighted by Gasteiger charge is -2.17. The van der Waals surface area contributed by atoms with Gasteiger partial charge in [0.1, 0.15) is 5.75 Å². The van der Waals surface area contributed by atoms with Crippen molar-refractivity contribution in [2.24, 2.45) is 0 Å². The van der Waals surface area contributed by atoms with E-state index in [2.05, 4.69) is 5.32 Å². The first-order valence-corrected chi connectivity index (χ1v) is 9.18. The molecule has 2 aromatic rings. The maximum absolute atomic E-state index is 12.5. The molecule has 0 spiro atoms. The molecule has 0 unspecified atom stereocenters. The van der Waals surface area contributed by atoms with Crippen LogP contribution in [0.2, 0.25) is 5.02 Å². The van der Waals surface area contributed by atoms with Gasteiger partial charge in [-0.05, 0) is 30.5 Å². The predicted octanol–water partition coefficient (Wildman–Crippen LogP) is 3.03. The summed E-state index contributed by atoms with van der Waals surface area (Å²) in [5.74, 6) is 0.120. The third-order valence-corrected chi connectivity index (χ3v) is 4.93. The zero-order valence-electron chi connectivity index (χ0n) is 15.1. The lowest BCUT2D eigenvalue weighted by Crippen LogP contribution is -2.30. The molecular weight excluding hydrogens is 366 g/mol. The van der Waals surface area contributed by atoms with Crippen LogP contribution in [0.25, 0.3) is 0 Å². The van der Waals surface area contributed by atoms with E-state index >= 15 is 0 Å². The number of para-hydroxylation sites is 1. The van der Waals surface area contributed by atoms with Crippen LogP contribution in [0.5, 0.6) is 5.75 Å². The minimum atomic E-state index is -0.312. The third kappa shape index (κ3) is 4.17. The quantitative estimate of drug-likeness (QED) is 0.589. The van der Waals surface area contributed by atoms with Gasteiger partial charge < -0.3 is 20.7 Å². The number of rotatable bonds is 6. The molecule has 0 bridgehead atoms. The van der Waals surface area contributed by atoms with Crippen molar-refractivity contribution in [1.82, 2.24) is 5.32 Å². The van der Waals surface area contributed by atoms with Crippen LogP contribution in [0.3, 0.4) is 0 Å². The first kappa shape index (κ1) is 19.0. The number of nitrogens with zero attached hydrogens (tertiary/aromatic N) is 1. The summed E-state index contributed by atoms with van der Waals surface area (Å²) >= 11 is 5.99. The fourth-order valence-electron chi connectivity index (χ4n) is 3.18. The molecule has 2 amide bonds. The number of fused-ring (bicyclic) bond motifs is 1. The molecule has 0 saturated carbocycles. The van der Waals surface area contributed by atoms with Gasteiger partial charge in [-0.1, -0.05) is 29.8 Å². The minimum Gasteiger partial charge on any atom is -0.496 e. The molecule has 6 nitrogen and oxygen atoms in total. The molecule has 7 heteroatoms. The first-order chi connectivity index (χ1) is 13.0. The zero-order chi connectivity index (χ0) is 19.4. The SMILES string of the molecule is COc1cc(N)c(Cl)cc1C(=O)NCCCC(=O)N1CCc2ccccc21. The molecule has 0 fully saturated rings. The molecule has 1 aliphatic rings. The van der Waals surface area contributed by atoms with E-state index in [1.54, 1.807) is 0 Å². The minimum absolute atomic E-state index is 0.0716. The Kier molecular flexibility index (Phi) is 5.86. The summed E-state index contributed by atoms with van der Waals surface area (Å²) in [7, 11) is 1.46. The first-order valence-electron chi connectivity index (χ1n) is 8.80. The van der Waals surface area contributed by atoms with E-state index in [0.717, 1.165) is 12.1 Å². The van der Waals surface area contributed by atoms with Crippen molar-refractivity contribution in [2.45, 2.75) is 19.3 Å². The van der Waals surface area contributed by atoms with Crippen LogP contribution in [0.4, 0.5) is 11.4 Å². The predicted molar refractivity (Wildman–Crippen MR) is 106 cm³/mol. The van der Waals surface area contributed by atoms with Crippen molar-refractivity contribution < 1.29 is 14.3 Å². The number of hydrogen-bond donors (Lipinski definition) is 2. The summed E-state index contributed by atoms with van der Waals surface area (Å²) in [4.78, 5) is 26.7. The van der Waals surface area contributed by atoms with E-state index in [1.807, 2.05) is 29.2 Å². The largest absolute Gasteiger partial charge is 0.496 e. The van der Waals surface area contributed by atoms with E-state index in [9.17, 15) is 9.59 Å². The molecular formula is C20H22ClN3O3. The van der Waals surface area contributed by atoms with Crippen molar-refractivity contribution >= 4 is 34.8 Å². The number of halogens is 1. The second-order valence-corrected chi connectivity index (χ2v) is 6.76. The lowest BCUT2D eigenvalue weighted by molar-refractivity contribution is -0.118. The Morgan fingerprint density at radius 3 is 2.85 bits per heavy atom. The van der Waals surface area contributed by atoms with E-state index in [-0.39, 0.29) is 11.8 Å². The second-order valence-electron chi connectivity index (χ2n) is 6.36. The molecule has 2 aromatic carbocycles. The molecule has 3 rings (SSSR count). The monoisotopic (exact) mass is 387 g/mol. The Balaban J connectivity index is 1.51. The lowest BCUT2D eigenvalue weighted by atomic mass is 10.1. The Morgan fingerprint density at radius 1 is 1.30 bits per heavy atom. The van der Waals surface area contributed by atoms with E-state index in [1.165, 1.54) is 24.8 Å². The molecule has 0 saturated heterocycles. The van der Waals surface area contributed by atoms with Crippen LogP contribution in [-0.2, 0) is 11.2 Å². The third-order valence-electron chi connectivity index (χ3n) is 4.60. The fraction of sp³-hybridized carbons (Fsp3) is 0.300. The number of methoxy groups -OCH3 is 1. The van der Waals surface area contributed by atoms with Crippen LogP contribution >= 0.6 is 11.6 Å². The van der Waals surface area contributed by atoms with Crippen molar-refractivity contribution in [3.63, 3.8) is 0 Å². The van der Waals surface area contributed by atoms with E-state index in [0.29, 0.717) is 48.0 Å². The highest BCUT2D eigenvalue weighted by Crippen LogP contribution is 2.29. The molecule has 142 valence electrons. The zero-order valence-corrected chi connectivity index (χ0v) is 15.9. The Morgan fingerprint density at radius 2 is 2.07 bits per heavy atom. The van der Waals surface area contributed by atoms with Gasteiger partial charge in [0.25, 0.3) is 5.91 Å². The average Bonchev–Trinajstić information content (AvgIpc) is 3.11. The Labute approximate surface area is 163 Å². The number of hydrogen-bond acceptors (Lipinski definition) is 4. The molecule has 0 aromatic heterocycles. The smallest absolute Gasteiger partial charge is 0.255 e. The van der Waals surface area contributed by atoms with Gasteiger partial charge in [0.2, 0.25) is 5.91 Å². The highest BCUT2D eigenvalue weighted by Gasteiger charge is 2.23. The summed E-state index contributed by atoms with van der Waals surface area (Å²) in [5, 5.41) is 3.09. The summed E-state index contributed by atoms with van der Waals surface area (Å²) in [6.07, 6.45) is 1.80. The van der Waals surface area contributed by atoms with E-state index < -0.39 is 0 Å². The maximum Gasteiger partial charge on any atom is 0.255 e. The van der Waals surface area contributed by atoms with Gasteiger partial charge >= 0.3 is 0 Å². The summed E-state index contributed by atoms with van der Waals surface area (Å²) in [6.45, 7) is 1.09. The maximum atomic E-state index is 12.5. The van der Waals surface area contributed by atoms with Crippen molar-refractivity contribution in [3.8, 4) is 5.75 Å². The number of nitrogens with two attached hydrogens (primary N) is 1. The topological polar surface area (TPSA) is 84.7 Å². The Hall–Kier alpha value is -2.73. The number of anilines is 2. The van der Waals surface area contributed by atoms with Crippen LogP contribution in [-0.4, -0.2) is 32.0 Å². The highest BCUT2D eigenvalue weighted by molar-refractivity contribution is 6.33. The van der Waals surface area contributed by atoms with Crippen molar-refractivity contribution in [1.29, 1.82) is 0 Å². The number of carbonyl (C=O) groups excluding carboxylic acids is 2. The van der Waals surface area contributed by atoms with Gasteiger partial charge in [0.05, 0.1) is 23.4 Å². The molecule has 0 radical (unpaired) electrons. The number of amides is 2. The number of ether oxygens (including phenoxy) is 1. The number of nitrogens with one attached hydrogen (secondary N) is 1. The molecule has 0 aliphatic carbocycles. The standard InChI is InChI=1S/C20H22ClN3O3/c1-27-18-12-16(22)15(21)11-14(18)20(26)23-9-4-7-19(25)24-10-8-13-5-2-3-6-17(13)24/h2-3,5-6,11-12H,4,7-10,22H2,1H3,(H,23,26). The molecule has 1 heterocycles. The van der Waals surface area contributed by atoms with Gasteiger partial charge in [-0.3, -0.25) is 9.59 Å². The van der Waals surface area contributed by atoms with Crippen LogP contribution < -0.4 is 20.7 Å². The van der Waals surface area contributed by atoms with Crippen LogP contribution in [0.1, 0.15) is 28.8 Å².